The summed E-state index contributed by atoms with van der Waals surface area (Å²) >= 11 is 1.97. The number of piperazine rings is 1. The van der Waals surface area contributed by atoms with Crippen molar-refractivity contribution in [3.8, 4) is 0 Å². The molecule has 1 saturated heterocycles. The van der Waals surface area contributed by atoms with Gasteiger partial charge in [-0.3, -0.25) is 4.90 Å². The Hall–Kier alpha value is 0.270. The summed E-state index contributed by atoms with van der Waals surface area (Å²) in [5.41, 5.74) is 0. The van der Waals surface area contributed by atoms with Crippen LogP contribution in [0, 0.1) is 0 Å². The number of hydrogen-bond acceptors (Lipinski definition) is 2. The molecule has 0 radical (unpaired) electrons. The molecule has 0 amide bonds. The summed E-state index contributed by atoms with van der Waals surface area (Å²) in [5, 5.41) is 0. The van der Waals surface area contributed by atoms with Gasteiger partial charge in [0.15, 0.2) is 0 Å². The van der Waals surface area contributed by atoms with Crippen molar-refractivity contribution in [1.82, 2.24) is 4.90 Å². The maximum Gasteiger partial charge on any atom is 0.0914 e. The average Bonchev–Trinajstić information content (AvgIpc) is 2.08. The summed E-state index contributed by atoms with van der Waals surface area (Å²) in [4.78, 5) is 2.43. The molecule has 0 saturated carbocycles. The van der Waals surface area contributed by atoms with Crippen LogP contribution in [0.3, 0.4) is 0 Å². The lowest BCUT2D eigenvalue weighted by atomic mass is 10.3. The third kappa shape index (κ3) is 2.96. The van der Waals surface area contributed by atoms with E-state index in [9.17, 15) is 0 Å². The van der Waals surface area contributed by atoms with Crippen LogP contribution in [0.5, 0.6) is 0 Å². The Morgan fingerprint density at radius 2 is 1.92 bits per heavy atom. The predicted octanol–water partition coefficient (Wildman–Crippen LogP) is 0.741. The molecule has 0 unspecified atom stereocenters. The third-order valence-corrected chi connectivity index (χ3v) is 3.47. The van der Waals surface area contributed by atoms with Crippen LogP contribution in [0.1, 0.15) is 0 Å². The summed E-state index contributed by atoms with van der Waals surface area (Å²) in [7, 11) is 4.61. The summed E-state index contributed by atoms with van der Waals surface area (Å²) in [6.07, 6.45) is 2.20. The van der Waals surface area contributed by atoms with Crippen molar-refractivity contribution in [2.24, 2.45) is 0 Å². The van der Waals surface area contributed by atoms with E-state index in [2.05, 4.69) is 25.3 Å². The van der Waals surface area contributed by atoms with E-state index in [-0.39, 0.29) is 0 Å². The van der Waals surface area contributed by atoms with Crippen LogP contribution < -0.4 is 0 Å². The first-order valence-electron chi connectivity index (χ1n) is 4.67. The van der Waals surface area contributed by atoms with Crippen molar-refractivity contribution < 1.29 is 4.48 Å². The molecule has 0 aromatic rings. The van der Waals surface area contributed by atoms with E-state index in [0.29, 0.717) is 0 Å². The summed E-state index contributed by atoms with van der Waals surface area (Å²) in [5.74, 6) is 1.31. The van der Waals surface area contributed by atoms with E-state index in [4.69, 9.17) is 0 Å². The lowest BCUT2D eigenvalue weighted by Gasteiger charge is -2.40. The van der Waals surface area contributed by atoms with Crippen molar-refractivity contribution in [1.29, 1.82) is 0 Å². The second-order valence-electron chi connectivity index (χ2n) is 4.09. The van der Waals surface area contributed by atoms with Crippen LogP contribution in [0.15, 0.2) is 0 Å². The normalized spacial score (nSPS) is 24.2. The molecule has 1 fully saturated rings. The first kappa shape index (κ1) is 10.4. The zero-order valence-electron chi connectivity index (χ0n) is 8.55. The topological polar surface area (TPSA) is 3.24 Å². The van der Waals surface area contributed by atoms with Crippen molar-refractivity contribution in [2.75, 3.05) is 58.8 Å². The SMILES string of the molecule is CSCC[N+]1(C)CCN(C)CC1. The summed E-state index contributed by atoms with van der Waals surface area (Å²) < 4.78 is 1.28. The van der Waals surface area contributed by atoms with Gasteiger partial charge in [0, 0.05) is 18.8 Å². The lowest BCUT2D eigenvalue weighted by molar-refractivity contribution is -0.911. The number of quaternary nitrogens is 1. The molecule has 12 heavy (non-hydrogen) atoms. The maximum absolute atomic E-state index is 2.43. The Labute approximate surface area is 80.5 Å². The van der Waals surface area contributed by atoms with Gasteiger partial charge in [-0.25, -0.2) is 0 Å². The predicted molar refractivity (Wildman–Crippen MR) is 56.7 cm³/mol. The standard InChI is InChI=1S/C9H21N2S/c1-10-4-6-11(2,7-5-10)8-9-12-3/h4-9H2,1-3H3/q+1. The van der Waals surface area contributed by atoms with Gasteiger partial charge >= 0.3 is 0 Å². The second kappa shape index (κ2) is 4.49. The third-order valence-electron chi connectivity index (χ3n) is 2.88. The Bertz CT molecular complexity index is 125. The minimum atomic E-state index is 1.27. The molecule has 1 heterocycles. The molecule has 1 rings (SSSR count). The Kier molecular flexibility index (Phi) is 3.87. The largest absolute Gasteiger partial charge is 0.323 e. The van der Waals surface area contributed by atoms with E-state index in [1.54, 1.807) is 0 Å². The van der Waals surface area contributed by atoms with E-state index in [1.807, 2.05) is 11.8 Å². The smallest absolute Gasteiger partial charge is 0.0914 e. The minimum Gasteiger partial charge on any atom is -0.323 e. The zero-order valence-corrected chi connectivity index (χ0v) is 9.36. The molecule has 0 aliphatic carbocycles. The Morgan fingerprint density at radius 1 is 1.33 bits per heavy atom. The van der Waals surface area contributed by atoms with Gasteiger partial charge in [-0.15, -0.1) is 0 Å². The van der Waals surface area contributed by atoms with Gasteiger partial charge in [-0.2, -0.15) is 11.8 Å². The fraction of sp³-hybridized carbons (Fsp3) is 1.00. The maximum atomic E-state index is 2.43. The monoisotopic (exact) mass is 189 g/mol. The van der Waals surface area contributed by atoms with Gasteiger partial charge in [0.2, 0.25) is 0 Å². The van der Waals surface area contributed by atoms with Crippen molar-refractivity contribution in [3.63, 3.8) is 0 Å². The molecule has 1 aliphatic rings. The quantitative estimate of drug-likeness (QED) is 0.603. The van der Waals surface area contributed by atoms with Gasteiger partial charge in [0.25, 0.3) is 0 Å². The molecule has 2 nitrogen and oxygen atoms in total. The highest BCUT2D eigenvalue weighted by molar-refractivity contribution is 7.98. The first-order valence-corrected chi connectivity index (χ1v) is 6.07. The molecular formula is C9H21N2S+. The highest BCUT2D eigenvalue weighted by Crippen LogP contribution is 2.09. The zero-order chi connectivity index (χ0) is 9.03. The van der Waals surface area contributed by atoms with Crippen molar-refractivity contribution in [2.45, 2.75) is 0 Å². The second-order valence-corrected chi connectivity index (χ2v) is 5.07. The van der Waals surface area contributed by atoms with Gasteiger partial charge in [-0.05, 0) is 13.3 Å². The van der Waals surface area contributed by atoms with Gasteiger partial charge in [0.05, 0.1) is 26.7 Å². The van der Waals surface area contributed by atoms with Crippen LogP contribution in [0.25, 0.3) is 0 Å². The van der Waals surface area contributed by atoms with E-state index in [1.165, 1.54) is 43.0 Å². The average molecular weight is 189 g/mol. The van der Waals surface area contributed by atoms with Crippen LogP contribution in [-0.4, -0.2) is 68.2 Å². The molecule has 0 spiro atoms. The summed E-state index contributed by atoms with van der Waals surface area (Å²) in [6.45, 7) is 6.54. The molecule has 3 heteroatoms. The number of thioether (sulfide) groups is 1. The summed E-state index contributed by atoms with van der Waals surface area (Å²) in [6, 6.07) is 0. The number of nitrogens with zero attached hydrogens (tertiary/aromatic N) is 2. The molecular weight excluding hydrogens is 168 g/mol. The molecule has 0 aromatic carbocycles. The molecule has 1 aliphatic heterocycles. The lowest BCUT2D eigenvalue weighted by Crippen LogP contribution is -2.57. The molecule has 0 atom stereocenters. The fourth-order valence-electron chi connectivity index (χ4n) is 1.58. The molecule has 72 valence electrons. The first-order chi connectivity index (χ1) is 5.66. The Morgan fingerprint density at radius 3 is 2.42 bits per heavy atom. The van der Waals surface area contributed by atoms with E-state index < -0.39 is 0 Å². The highest BCUT2D eigenvalue weighted by atomic mass is 32.2. The van der Waals surface area contributed by atoms with Crippen LogP contribution in [-0.2, 0) is 0 Å². The van der Waals surface area contributed by atoms with Gasteiger partial charge in [0.1, 0.15) is 0 Å². The van der Waals surface area contributed by atoms with Gasteiger partial charge in [-0.1, -0.05) is 0 Å². The van der Waals surface area contributed by atoms with E-state index >= 15 is 0 Å². The molecule has 0 N–H and O–H groups in total. The van der Waals surface area contributed by atoms with Crippen LogP contribution in [0.2, 0.25) is 0 Å². The highest BCUT2D eigenvalue weighted by Gasteiger charge is 2.25. The van der Waals surface area contributed by atoms with Crippen molar-refractivity contribution in [3.05, 3.63) is 0 Å². The minimum absolute atomic E-state index is 1.27. The number of likely N-dealkylation sites (N-methyl/N-ethyl adjacent to an activating group) is 2. The number of rotatable bonds is 3. The van der Waals surface area contributed by atoms with E-state index in [0.717, 1.165) is 0 Å². The van der Waals surface area contributed by atoms with Crippen LogP contribution >= 0.6 is 11.8 Å². The van der Waals surface area contributed by atoms with Crippen LogP contribution in [0.4, 0.5) is 0 Å². The number of hydrogen-bond donors (Lipinski definition) is 0. The molecule has 0 bridgehead atoms. The van der Waals surface area contributed by atoms with Gasteiger partial charge < -0.3 is 4.48 Å². The van der Waals surface area contributed by atoms with Crippen molar-refractivity contribution >= 4 is 11.8 Å². The molecule has 0 aromatic heterocycles. The fourth-order valence-corrected chi connectivity index (χ4v) is 2.21. The Balaban J connectivity index is 2.29.